The van der Waals surface area contributed by atoms with Gasteiger partial charge in [0.2, 0.25) is 0 Å². The zero-order chi connectivity index (χ0) is 13.7. The molecule has 1 heterocycles. The molecule has 0 spiro atoms. The molecule has 0 saturated heterocycles. The van der Waals surface area contributed by atoms with E-state index in [-0.39, 0.29) is 5.82 Å². The number of likely N-dealkylation sites (N-methyl/N-ethyl adjacent to an activating group) is 1. The molecule has 0 fully saturated rings. The SMILES string of the molecule is CCN(CC)CCNCc1cc2cc(F)ccc2s1. The zero-order valence-electron chi connectivity index (χ0n) is 11.6. The quantitative estimate of drug-likeness (QED) is 0.781. The average Bonchev–Trinajstić information content (AvgIpc) is 2.80. The van der Waals surface area contributed by atoms with Crippen molar-refractivity contribution in [3.63, 3.8) is 0 Å². The normalized spacial score (nSPS) is 11.6. The van der Waals surface area contributed by atoms with E-state index in [9.17, 15) is 4.39 Å². The third-order valence-electron chi connectivity index (χ3n) is 3.33. The Bertz CT molecular complexity index is 520. The van der Waals surface area contributed by atoms with Gasteiger partial charge >= 0.3 is 0 Å². The minimum Gasteiger partial charge on any atom is -0.311 e. The highest BCUT2D eigenvalue weighted by atomic mass is 32.1. The standard InChI is InChI=1S/C15H21FN2S/c1-3-18(4-2)8-7-17-11-14-10-12-9-13(16)5-6-15(12)19-14/h5-6,9-10,17H,3-4,7-8,11H2,1-2H3. The second kappa shape index (κ2) is 6.98. The van der Waals surface area contributed by atoms with E-state index < -0.39 is 0 Å². The van der Waals surface area contributed by atoms with Gasteiger partial charge in [0.05, 0.1) is 0 Å². The molecule has 0 aliphatic carbocycles. The largest absolute Gasteiger partial charge is 0.311 e. The summed E-state index contributed by atoms with van der Waals surface area (Å²) in [5, 5.41) is 4.46. The second-order valence-corrected chi connectivity index (χ2v) is 5.77. The fourth-order valence-electron chi connectivity index (χ4n) is 2.14. The molecule has 0 saturated carbocycles. The van der Waals surface area contributed by atoms with Crippen LogP contribution in [0.5, 0.6) is 0 Å². The van der Waals surface area contributed by atoms with Crippen molar-refractivity contribution in [3.8, 4) is 0 Å². The average molecular weight is 280 g/mol. The van der Waals surface area contributed by atoms with E-state index in [0.29, 0.717) is 0 Å². The Kier molecular flexibility index (Phi) is 5.31. The van der Waals surface area contributed by atoms with Gasteiger partial charge in [-0.2, -0.15) is 0 Å². The fraction of sp³-hybridized carbons (Fsp3) is 0.467. The molecule has 19 heavy (non-hydrogen) atoms. The van der Waals surface area contributed by atoms with Gasteiger partial charge in [0.25, 0.3) is 0 Å². The van der Waals surface area contributed by atoms with E-state index in [1.54, 1.807) is 17.4 Å². The zero-order valence-corrected chi connectivity index (χ0v) is 12.4. The molecule has 0 radical (unpaired) electrons. The molecule has 0 aliphatic rings. The number of thiophene rings is 1. The van der Waals surface area contributed by atoms with Crippen LogP contribution in [0, 0.1) is 5.82 Å². The summed E-state index contributed by atoms with van der Waals surface area (Å²) in [5.41, 5.74) is 0. The number of hydrogen-bond donors (Lipinski definition) is 1. The number of hydrogen-bond acceptors (Lipinski definition) is 3. The first-order chi connectivity index (χ1) is 9.22. The van der Waals surface area contributed by atoms with Crippen LogP contribution >= 0.6 is 11.3 Å². The molecule has 0 amide bonds. The Hall–Kier alpha value is -0.970. The molecule has 0 atom stereocenters. The van der Waals surface area contributed by atoms with Gasteiger partial charge in [-0.1, -0.05) is 13.8 Å². The molecule has 2 aromatic rings. The number of nitrogens with one attached hydrogen (secondary N) is 1. The molecule has 104 valence electrons. The van der Waals surface area contributed by atoms with Crippen molar-refractivity contribution in [1.82, 2.24) is 10.2 Å². The summed E-state index contributed by atoms with van der Waals surface area (Å²) in [6.07, 6.45) is 0. The molecular formula is C15H21FN2S. The van der Waals surface area contributed by atoms with Gasteiger partial charge in [0, 0.05) is 29.2 Å². The van der Waals surface area contributed by atoms with Gasteiger partial charge in [-0.15, -0.1) is 11.3 Å². The molecule has 0 unspecified atom stereocenters. The van der Waals surface area contributed by atoms with Crippen LogP contribution in [0.1, 0.15) is 18.7 Å². The van der Waals surface area contributed by atoms with E-state index in [1.165, 1.54) is 10.9 Å². The number of halogens is 1. The summed E-state index contributed by atoms with van der Waals surface area (Å²) in [4.78, 5) is 3.66. The summed E-state index contributed by atoms with van der Waals surface area (Å²) in [7, 11) is 0. The summed E-state index contributed by atoms with van der Waals surface area (Å²) >= 11 is 1.73. The first kappa shape index (κ1) is 14.4. The van der Waals surface area contributed by atoms with Crippen LogP contribution in [0.4, 0.5) is 4.39 Å². The van der Waals surface area contributed by atoms with Crippen molar-refractivity contribution in [2.45, 2.75) is 20.4 Å². The van der Waals surface area contributed by atoms with E-state index in [1.807, 2.05) is 6.07 Å². The second-order valence-electron chi connectivity index (χ2n) is 4.60. The van der Waals surface area contributed by atoms with E-state index in [0.717, 1.165) is 42.8 Å². The number of rotatable bonds is 7. The van der Waals surface area contributed by atoms with Crippen molar-refractivity contribution in [1.29, 1.82) is 0 Å². The maximum atomic E-state index is 13.1. The minimum absolute atomic E-state index is 0.161. The molecule has 1 aromatic carbocycles. The van der Waals surface area contributed by atoms with Crippen molar-refractivity contribution < 1.29 is 4.39 Å². The Labute approximate surface area is 118 Å². The molecule has 2 rings (SSSR count). The number of benzene rings is 1. The first-order valence-electron chi connectivity index (χ1n) is 6.84. The lowest BCUT2D eigenvalue weighted by atomic mass is 10.2. The van der Waals surface area contributed by atoms with E-state index >= 15 is 0 Å². The third kappa shape index (κ3) is 4.00. The molecule has 0 aliphatic heterocycles. The summed E-state index contributed by atoms with van der Waals surface area (Å²) in [6, 6.07) is 7.06. The highest BCUT2D eigenvalue weighted by molar-refractivity contribution is 7.19. The lowest BCUT2D eigenvalue weighted by Gasteiger charge is -2.17. The van der Waals surface area contributed by atoms with Gasteiger partial charge < -0.3 is 10.2 Å². The van der Waals surface area contributed by atoms with Crippen molar-refractivity contribution in [2.75, 3.05) is 26.2 Å². The Morgan fingerprint density at radius 3 is 2.74 bits per heavy atom. The maximum absolute atomic E-state index is 13.1. The smallest absolute Gasteiger partial charge is 0.123 e. The maximum Gasteiger partial charge on any atom is 0.123 e. The molecule has 1 N–H and O–H groups in total. The minimum atomic E-state index is -0.161. The van der Waals surface area contributed by atoms with Crippen LogP contribution in [-0.4, -0.2) is 31.1 Å². The predicted octanol–water partition coefficient (Wildman–Crippen LogP) is 3.47. The van der Waals surface area contributed by atoms with Crippen LogP contribution < -0.4 is 5.32 Å². The lowest BCUT2D eigenvalue weighted by molar-refractivity contribution is 0.302. The highest BCUT2D eigenvalue weighted by Crippen LogP contribution is 2.26. The van der Waals surface area contributed by atoms with Gasteiger partial charge in [0.1, 0.15) is 5.82 Å². The Morgan fingerprint density at radius 1 is 1.21 bits per heavy atom. The van der Waals surface area contributed by atoms with Crippen LogP contribution in [-0.2, 0) is 6.54 Å². The topological polar surface area (TPSA) is 15.3 Å². The van der Waals surface area contributed by atoms with E-state index in [2.05, 4.69) is 30.1 Å². The molecule has 4 heteroatoms. The number of nitrogens with zero attached hydrogens (tertiary/aromatic N) is 1. The summed E-state index contributed by atoms with van der Waals surface area (Å²) in [6.45, 7) is 9.49. The monoisotopic (exact) mass is 280 g/mol. The van der Waals surface area contributed by atoms with Gasteiger partial charge in [-0.3, -0.25) is 0 Å². The molecular weight excluding hydrogens is 259 g/mol. The lowest BCUT2D eigenvalue weighted by Crippen LogP contribution is -2.31. The summed E-state index contributed by atoms with van der Waals surface area (Å²) in [5.74, 6) is -0.161. The van der Waals surface area contributed by atoms with Crippen LogP contribution in [0.2, 0.25) is 0 Å². The predicted molar refractivity (Wildman–Crippen MR) is 81.3 cm³/mol. The van der Waals surface area contributed by atoms with Gasteiger partial charge in [0.15, 0.2) is 0 Å². The number of fused-ring (bicyclic) bond motifs is 1. The van der Waals surface area contributed by atoms with Crippen molar-refractivity contribution in [2.24, 2.45) is 0 Å². The molecule has 2 nitrogen and oxygen atoms in total. The van der Waals surface area contributed by atoms with Crippen molar-refractivity contribution >= 4 is 21.4 Å². The van der Waals surface area contributed by atoms with Crippen LogP contribution in [0.3, 0.4) is 0 Å². The fourth-order valence-corrected chi connectivity index (χ4v) is 3.16. The first-order valence-corrected chi connectivity index (χ1v) is 7.65. The van der Waals surface area contributed by atoms with Gasteiger partial charge in [-0.05, 0) is 42.7 Å². The van der Waals surface area contributed by atoms with E-state index in [4.69, 9.17) is 0 Å². The molecule has 0 bridgehead atoms. The van der Waals surface area contributed by atoms with Gasteiger partial charge in [-0.25, -0.2) is 4.39 Å². The highest BCUT2D eigenvalue weighted by Gasteiger charge is 2.03. The van der Waals surface area contributed by atoms with Crippen molar-refractivity contribution in [3.05, 3.63) is 35.0 Å². The summed E-state index contributed by atoms with van der Waals surface area (Å²) < 4.78 is 14.3. The van der Waals surface area contributed by atoms with Crippen LogP contribution in [0.25, 0.3) is 10.1 Å². The molecule has 1 aromatic heterocycles. The van der Waals surface area contributed by atoms with Crippen LogP contribution in [0.15, 0.2) is 24.3 Å². The Morgan fingerprint density at radius 2 is 2.00 bits per heavy atom. The Balaban J connectivity index is 1.84. The third-order valence-corrected chi connectivity index (χ3v) is 4.44.